The fourth-order valence-corrected chi connectivity index (χ4v) is 3.07. The standard InChI is InChI=1S/C17H13N3O6S/c18-27(25,26)11-7-5-10(6-8-11)12-3-1-2-4-14(12)20-9-13(16(21)22)15(19-20)17(23)24/h1-9H,(H,21,22)(H,23,24)(H2,18,25,26). The third kappa shape index (κ3) is 3.57. The highest BCUT2D eigenvalue weighted by Gasteiger charge is 2.22. The number of sulfonamides is 1. The Bertz CT molecular complexity index is 1120. The molecular weight excluding hydrogens is 374 g/mol. The average molecular weight is 387 g/mol. The van der Waals surface area contributed by atoms with E-state index in [9.17, 15) is 23.1 Å². The number of aromatic nitrogens is 2. The van der Waals surface area contributed by atoms with Crippen LogP contribution in [0.4, 0.5) is 0 Å². The predicted molar refractivity (Wildman–Crippen MR) is 94.3 cm³/mol. The number of hydrogen-bond donors (Lipinski definition) is 3. The molecule has 0 aliphatic rings. The largest absolute Gasteiger partial charge is 0.478 e. The molecule has 1 heterocycles. The van der Waals surface area contributed by atoms with E-state index in [1.165, 1.54) is 24.3 Å². The molecule has 0 unspecified atom stereocenters. The number of benzene rings is 2. The molecule has 1 aromatic heterocycles. The molecule has 27 heavy (non-hydrogen) atoms. The average Bonchev–Trinajstić information content (AvgIpc) is 3.07. The smallest absolute Gasteiger partial charge is 0.357 e. The third-order valence-electron chi connectivity index (χ3n) is 3.79. The molecule has 0 fully saturated rings. The molecule has 2 aromatic carbocycles. The number of aromatic carboxylic acids is 2. The van der Waals surface area contributed by atoms with Crippen LogP contribution in [0.2, 0.25) is 0 Å². The van der Waals surface area contributed by atoms with Crippen LogP contribution in [0.1, 0.15) is 20.8 Å². The number of carboxylic acids is 2. The molecule has 0 bridgehead atoms. The van der Waals surface area contributed by atoms with Crippen molar-refractivity contribution in [2.45, 2.75) is 4.90 Å². The van der Waals surface area contributed by atoms with Gasteiger partial charge in [-0.3, -0.25) is 0 Å². The van der Waals surface area contributed by atoms with Crippen LogP contribution in [0, 0.1) is 0 Å². The summed E-state index contributed by atoms with van der Waals surface area (Å²) < 4.78 is 23.9. The van der Waals surface area contributed by atoms with Gasteiger partial charge in [0.2, 0.25) is 10.0 Å². The second-order valence-electron chi connectivity index (χ2n) is 5.53. The summed E-state index contributed by atoms with van der Waals surface area (Å²) in [5.74, 6) is -2.87. The molecule has 10 heteroatoms. The Morgan fingerprint density at radius 1 is 0.963 bits per heavy atom. The molecule has 138 valence electrons. The van der Waals surface area contributed by atoms with Gasteiger partial charge in [-0.15, -0.1) is 0 Å². The van der Waals surface area contributed by atoms with Gasteiger partial charge in [-0.2, -0.15) is 5.10 Å². The summed E-state index contributed by atoms with van der Waals surface area (Å²) >= 11 is 0. The van der Waals surface area contributed by atoms with Crippen LogP contribution in [0.5, 0.6) is 0 Å². The summed E-state index contributed by atoms with van der Waals surface area (Å²) in [7, 11) is -3.83. The van der Waals surface area contributed by atoms with Crippen molar-refractivity contribution in [1.82, 2.24) is 9.78 Å². The summed E-state index contributed by atoms with van der Waals surface area (Å²) in [5, 5.41) is 27.3. The lowest BCUT2D eigenvalue weighted by atomic mass is 10.0. The van der Waals surface area contributed by atoms with E-state index < -0.39 is 33.2 Å². The summed E-state index contributed by atoms with van der Waals surface area (Å²) in [5.41, 5.74) is 0.608. The zero-order valence-electron chi connectivity index (χ0n) is 13.6. The van der Waals surface area contributed by atoms with Gasteiger partial charge in [0, 0.05) is 11.8 Å². The number of nitrogens with two attached hydrogens (primary N) is 1. The summed E-state index contributed by atoms with van der Waals surface area (Å²) in [6, 6.07) is 12.5. The van der Waals surface area contributed by atoms with E-state index in [0.717, 1.165) is 10.9 Å². The Hall–Kier alpha value is -3.50. The summed E-state index contributed by atoms with van der Waals surface area (Å²) in [4.78, 5) is 22.5. The number of para-hydroxylation sites is 1. The van der Waals surface area contributed by atoms with Gasteiger partial charge in [-0.05, 0) is 23.8 Å². The zero-order chi connectivity index (χ0) is 19.8. The highest BCUT2D eigenvalue weighted by atomic mass is 32.2. The molecule has 0 atom stereocenters. The first-order chi connectivity index (χ1) is 12.7. The van der Waals surface area contributed by atoms with Gasteiger partial charge in [0.05, 0.1) is 10.6 Å². The monoisotopic (exact) mass is 387 g/mol. The number of rotatable bonds is 5. The van der Waals surface area contributed by atoms with Gasteiger partial charge < -0.3 is 10.2 Å². The summed E-state index contributed by atoms with van der Waals surface area (Å²) in [6.45, 7) is 0. The van der Waals surface area contributed by atoms with Crippen LogP contribution in [-0.2, 0) is 10.0 Å². The van der Waals surface area contributed by atoms with Crippen molar-refractivity contribution in [1.29, 1.82) is 0 Å². The first-order valence-electron chi connectivity index (χ1n) is 7.47. The quantitative estimate of drug-likeness (QED) is 0.601. The molecule has 0 saturated heterocycles. The van der Waals surface area contributed by atoms with Crippen LogP contribution >= 0.6 is 0 Å². The second kappa shape index (κ2) is 6.67. The van der Waals surface area contributed by atoms with Crippen molar-refractivity contribution in [2.75, 3.05) is 0 Å². The first kappa shape index (κ1) is 18.3. The van der Waals surface area contributed by atoms with E-state index in [0.29, 0.717) is 16.8 Å². The maximum atomic E-state index is 11.4. The van der Waals surface area contributed by atoms with Crippen molar-refractivity contribution < 1.29 is 28.2 Å². The van der Waals surface area contributed by atoms with Gasteiger partial charge >= 0.3 is 11.9 Å². The van der Waals surface area contributed by atoms with E-state index in [-0.39, 0.29) is 4.90 Å². The van der Waals surface area contributed by atoms with Gasteiger partial charge in [-0.1, -0.05) is 30.3 Å². The molecule has 4 N–H and O–H groups in total. The minimum absolute atomic E-state index is 0.0517. The highest BCUT2D eigenvalue weighted by Crippen LogP contribution is 2.28. The van der Waals surface area contributed by atoms with Crippen LogP contribution in [-0.4, -0.2) is 40.3 Å². The molecule has 9 nitrogen and oxygen atoms in total. The lowest BCUT2D eigenvalue weighted by molar-refractivity contribution is 0.0648. The maximum absolute atomic E-state index is 11.4. The van der Waals surface area contributed by atoms with Crippen molar-refractivity contribution in [3.8, 4) is 16.8 Å². The van der Waals surface area contributed by atoms with Crippen LogP contribution in [0.3, 0.4) is 0 Å². The maximum Gasteiger partial charge on any atom is 0.357 e. The van der Waals surface area contributed by atoms with Crippen LogP contribution in [0.15, 0.2) is 59.6 Å². The van der Waals surface area contributed by atoms with E-state index in [1.807, 2.05) is 0 Å². The zero-order valence-corrected chi connectivity index (χ0v) is 14.4. The van der Waals surface area contributed by atoms with Crippen molar-refractivity contribution in [3.05, 3.63) is 66.0 Å². The van der Waals surface area contributed by atoms with Gasteiger partial charge in [-0.25, -0.2) is 27.8 Å². The minimum Gasteiger partial charge on any atom is -0.478 e. The second-order valence-corrected chi connectivity index (χ2v) is 7.09. The molecule has 3 rings (SSSR count). The lowest BCUT2D eigenvalue weighted by Crippen LogP contribution is -2.11. The molecule has 0 amide bonds. The van der Waals surface area contributed by atoms with E-state index in [4.69, 9.17) is 10.2 Å². The van der Waals surface area contributed by atoms with Crippen molar-refractivity contribution in [2.24, 2.45) is 5.14 Å². The van der Waals surface area contributed by atoms with E-state index in [1.54, 1.807) is 24.3 Å². The SMILES string of the molecule is NS(=O)(=O)c1ccc(-c2ccccc2-n2cc(C(=O)O)c(C(=O)O)n2)cc1. The molecular formula is C17H13N3O6S. The van der Waals surface area contributed by atoms with Crippen molar-refractivity contribution >= 4 is 22.0 Å². The summed E-state index contributed by atoms with van der Waals surface area (Å²) in [6.07, 6.45) is 1.11. The van der Waals surface area contributed by atoms with E-state index in [2.05, 4.69) is 5.10 Å². The normalized spacial score (nSPS) is 11.3. The molecule has 0 saturated carbocycles. The topological polar surface area (TPSA) is 153 Å². The third-order valence-corrected chi connectivity index (χ3v) is 4.72. The molecule has 3 aromatic rings. The minimum atomic E-state index is -3.83. The lowest BCUT2D eigenvalue weighted by Gasteiger charge is -2.10. The Balaban J connectivity index is 2.14. The van der Waals surface area contributed by atoms with Crippen LogP contribution < -0.4 is 5.14 Å². The van der Waals surface area contributed by atoms with Gasteiger partial charge in [0.15, 0.2) is 5.69 Å². The molecule has 0 radical (unpaired) electrons. The number of primary sulfonamides is 1. The Morgan fingerprint density at radius 2 is 1.59 bits per heavy atom. The fraction of sp³-hybridized carbons (Fsp3) is 0. The molecule has 0 spiro atoms. The number of carboxylic acid groups (broad SMARTS) is 2. The number of nitrogens with zero attached hydrogens (tertiary/aromatic N) is 2. The Morgan fingerprint density at radius 3 is 2.11 bits per heavy atom. The van der Waals surface area contributed by atoms with Gasteiger partial charge in [0.1, 0.15) is 5.56 Å². The first-order valence-corrected chi connectivity index (χ1v) is 9.02. The Labute approximate surface area is 153 Å². The van der Waals surface area contributed by atoms with Gasteiger partial charge in [0.25, 0.3) is 0 Å². The van der Waals surface area contributed by atoms with Crippen molar-refractivity contribution in [3.63, 3.8) is 0 Å². The van der Waals surface area contributed by atoms with Crippen LogP contribution in [0.25, 0.3) is 16.8 Å². The highest BCUT2D eigenvalue weighted by molar-refractivity contribution is 7.89. The fourth-order valence-electron chi connectivity index (χ4n) is 2.55. The van der Waals surface area contributed by atoms with E-state index >= 15 is 0 Å². The predicted octanol–water partition coefficient (Wildman–Crippen LogP) is 1.58. The number of carbonyl (C=O) groups is 2. The Kier molecular flexibility index (Phi) is 4.52. The number of hydrogen-bond acceptors (Lipinski definition) is 5. The molecule has 0 aliphatic carbocycles. The molecule has 0 aliphatic heterocycles.